The number of Topliss-reactive ketones (excluding diaryl/α,β-unsaturated/α-hetero) is 1. The van der Waals surface area contributed by atoms with E-state index in [2.05, 4.69) is 5.32 Å². The topological polar surface area (TPSA) is 66.5 Å². The Bertz CT molecular complexity index is 1060. The Balaban J connectivity index is 1.94. The number of ketones is 1. The van der Waals surface area contributed by atoms with Gasteiger partial charge in [0.15, 0.2) is 5.78 Å². The molecule has 5 nitrogen and oxygen atoms in total. The molecule has 1 atom stereocenters. The van der Waals surface area contributed by atoms with Crippen LogP contribution in [0.5, 0.6) is 0 Å². The van der Waals surface area contributed by atoms with Crippen molar-refractivity contribution < 1.29 is 23.2 Å². The standard InChI is InChI=1S/C22H22F2N2O3/c1-11-8-16(14(4)13(3)12(11)2)19(27)10-26-20(28)22(5,25-21(26)29)17-9-15(23)6-7-18(17)24/h6-9H,10H2,1-5H3,(H,25,29)/t22-/m1/s1. The molecule has 2 aromatic carbocycles. The predicted octanol–water partition coefficient (Wildman–Crippen LogP) is 3.85. The van der Waals surface area contributed by atoms with E-state index in [-0.39, 0.29) is 5.56 Å². The molecule has 1 aliphatic heterocycles. The van der Waals surface area contributed by atoms with Crippen LogP contribution >= 0.6 is 0 Å². The lowest BCUT2D eigenvalue weighted by Crippen LogP contribution is -2.42. The number of nitrogens with one attached hydrogen (secondary N) is 1. The average molecular weight is 400 g/mol. The normalized spacial score (nSPS) is 18.9. The Labute approximate surface area is 167 Å². The van der Waals surface area contributed by atoms with Crippen molar-refractivity contribution in [2.45, 2.75) is 40.2 Å². The molecule has 1 fully saturated rings. The van der Waals surface area contributed by atoms with Crippen LogP contribution in [0.15, 0.2) is 24.3 Å². The molecular weight excluding hydrogens is 378 g/mol. The van der Waals surface area contributed by atoms with Gasteiger partial charge in [-0.3, -0.25) is 14.5 Å². The minimum Gasteiger partial charge on any atom is -0.319 e. The first-order valence-electron chi connectivity index (χ1n) is 9.17. The molecule has 1 N–H and O–H groups in total. The van der Waals surface area contributed by atoms with Gasteiger partial charge in [-0.1, -0.05) is 0 Å². The first-order valence-corrected chi connectivity index (χ1v) is 9.17. The van der Waals surface area contributed by atoms with E-state index in [1.165, 1.54) is 6.92 Å². The van der Waals surface area contributed by atoms with Crippen molar-refractivity contribution in [2.75, 3.05) is 6.54 Å². The SMILES string of the molecule is Cc1cc(C(=O)CN2C(=O)N[C@](C)(c3cc(F)ccc3F)C2=O)c(C)c(C)c1C. The average Bonchev–Trinajstić information content (AvgIpc) is 2.88. The number of imide groups is 1. The van der Waals surface area contributed by atoms with E-state index in [0.717, 1.165) is 45.4 Å². The van der Waals surface area contributed by atoms with Gasteiger partial charge in [-0.2, -0.15) is 0 Å². The summed E-state index contributed by atoms with van der Waals surface area (Å²) in [5.74, 6) is -2.77. The van der Waals surface area contributed by atoms with Gasteiger partial charge in [0.05, 0.1) is 6.54 Å². The van der Waals surface area contributed by atoms with E-state index >= 15 is 0 Å². The summed E-state index contributed by atoms with van der Waals surface area (Å²) in [5, 5.41) is 2.40. The van der Waals surface area contributed by atoms with Crippen molar-refractivity contribution in [3.05, 3.63) is 69.3 Å². The number of carbonyl (C=O) groups is 3. The molecular formula is C22H22F2N2O3. The maximum atomic E-state index is 14.2. The van der Waals surface area contributed by atoms with E-state index < -0.39 is 41.4 Å². The molecule has 7 heteroatoms. The molecule has 0 saturated carbocycles. The molecule has 0 aliphatic carbocycles. The van der Waals surface area contributed by atoms with Crippen molar-refractivity contribution >= 4 is 17.7 Å². The van der Waals surface area contributed by atoms with Gasteiger partial charge in [-0.25, -0.2) is 13.6 Å². The highest BCUT2D eigenvalue weighted by Crippen LogP contribution is 2.31. The number of carbonyl (C=O) groups excluding carboxylic acids is 3. The first kappa shape index (κ1) is 20.6. The van der Waals surface area contributed by atoms with Gasteiger partial charge in [0.2, 0.25) is 0 Å². The van der Waals surface area contributed by atoms with Crippen LogP contribution in [0.25, 0.3) is 0 Å². The second kappa shape index (κ2) is 7.06. The van der Waals surface area contributed by atoms with Crippen LogP contribution in [0.3, 0.4) is 0 Å². The van der Waals surface area contributed by atoms with Crippen LogP contribution in [0.4, 0.5) is 13.6 Å². The molecule has 2 aromatic rings. The second-order valence-corrected chi connectivity index (χ2v) is 7.61. The molecule has 0 radical (unpaired) electrons. The Morgan fingerprint density at radius 1 is 1.03 bits per heavy atom. The fourth-order valence-corrected chi connectivity index (χ4v) is 3.63. The number of rotatable bonds is 4. The maximum Gasteiger partial charge on any atom is 0.325 e. The van der Waals surface area contributed by atoms with E-state index in [1.54, 1.807) is 6.07 Å². The molecule has 1 heterocycles. The monoisotopic (exact) mass is 400 g/mol. The summed E-state index contributed by atoms with van der Waals surface area (Å²) in [6, 6.07) is 3.60. The Morgan fingerprint density at radius 3 is 2.34 bits per heavy atom. The lowest BCUT2D eigenvalue weighted by molar-refractivity contribution is -0.130. The van der Waals surface area contributed by atoms with Crippen LogP contribution in [-0.2, 0) is 10.3 Å². The van der Waals surface area contributed by atoms with Crippen LogP contribution in [-0.4, -0.2) is 29.2 Å². The van der Waals surface area contributed by atoms with Gasteiger partial charge in [0.25, 0.3) is 5.91 Å². The van der Waals surface area contributed by atoms with Crippen molar-refractivity contribution in [3.63, 3.8) is 0 Å². The van der Waals surface area contributed by atoms with Crippen LogP contribution < -0.4 is 5.32 Å². The minimum atomic E-state index is -1.79. The highest BCUT2D eigenvalue weighted by atomic mass is 19.1. The van der Waals surface area contributed by atoms with Gasteiger partial charge < -0.3 is 5.32 Å². The predicted molar refractivity (Wildman–Crippen MR) is 104 cm³/mol. The van der Waals surface area contributed by atoms with Gasteiger partial charge >= 0.3 is 6.03 Å². The van der Waals surface area contributed by atoms with Crippen molar-refractivity contribution in [1.82, 2.24) is 10.2 Å². The summed E-state index contributed by atoms with van der Waals surface area (Å²) >= 11 is 0. The third-order valence-electron chi connectivity index (χ3n) is 5.83. The summed E-state index contributed by atoms with van der Waals surface area (Å²) in [7, 11) is 0. The molecule has 3 rings (SSSR count). The van der Waals surface area contributed by atoms with E-state index in [9.17, 15) is 23.2 Å². The Morgan fingerprint density at radius 2 is 1.69 bits per heavy atom. The molecule has 1 aliphatic rings. The van der Waals surface area contributed by atoms with Crippen molar-refractivity contribution in [1.29, 1.82) is 0 Å². The van der Waals surface area contributed by atoms with E-state index in [0.29, 0.717) is 5.56 Å². The second-order valence-electron chi connectivity index (χ2n) is 7.61. The Kier molecular flexibility index (Phi) is 5.03. The first-order chi connectivity index (χ1) is 13.5. The summed E-state index contributed by atoms with van der Waals surface area (Å²) in [6.07, 6.45) is 0. The molecule has 0 spiro atoms. The molecule has 0 aromatic heterocycles. The van der Waals surface area contributed by atoms with Gasteiger partial charge in [0, 0.05) is 11.1 Å². The molecule has 3 amide bonds. The zero-order chi connectivity index (χ0) is 21.7. The number of aryl methyl sites for hydroxylation is 1. The number of benzene rings is 2. The summed E-state index contributed by atoms with van der Waals surface area (Å²) in [5.41, 5.74) is 2.10. The maximum absolute atomic E-state index is 14.2. The van der Waals surface area contributed by atoms with Crippen LogP contribution in [0.2, 0.25) is 0 Å². The van der Waals surface area contributed by atoms with Crippen molar-refractivity contribution in [3.8, 4) is 0 Å². The highest BCUT2D eigenvalue weighted by molar-refractivity contribution is 6.11. The number of halogens is 2. The third kappa shape index (κ3) is 3.30. The van der Waals surface area contributed by atoms with E-state index in [1.807, 2.05) is 27.7 Å². The fraction of sp³-hybridized carbons (Fsp3) is 0.318. The molecule has 0 bridgehead atoms. The summed E-state index contributed by atoms with van der Waals surface area (Å²) in [4.78, 5) is 39.0. The minimum absolute atomic E-state index is 0.288. The number of amides is 3. The largest absolute Gasteiger partial charge is 0.325 e. The molecule has 152 valence electrons. The number of hydrogen-bond donors (Lipinski definition) is 1. The zero-order valence-electron chi connectivity index (χ0n) is 16.9. The molecule has 1 saturated heterocycles. The Hall–Kier alpha value is -3.09. The number of urea groups is 1. The smallest absolute Gasteiger partial charge is 0.319 e. The van der Waals surface area contributed by atoms with Gasteiger partial charge in [-0.05, 0) is 81.1 Å². The van der Waals surface area contributed by atoms with E-state index in [4.69, 9.17) is 0 Å². The van der Waals surface area contributed by atoms with Crippen LogP contribution in [0, 0.1) is 39.3 Å². The quantitative estimate of drug-likeness (QED) is 0.626. The third-order valence-corrected chi connectivity index (χ3v) is 5.83. The molecule has 29 heavy (non-hydrogen) atoms. The summed E-state index contributed by atoms with van der Waals surface area (Å²) in [6.45, 7) is 8.37. The lowest BCUT2D eigenvalue weighted by atomic mass is 9.91. The summed E-state index contributed by atoms with van der Waals surface area (Å²) < 4.78 is 27.9. The van der Waals surface area contributed by atoms with Crippen molar-refractivity contribution in [2.24, 2.45) is 0 Å². The highest BCUT2D eigenvalue weighted by Gasteiger charge is 2.50. The van der Waals surface area contributed by atoms with Crippen LogP contribution in [0.1, 0.15) is 45.1 Å². The fourth-order valence-electron chi connectivity index (χ4n) is 3.63. The molecule has 0 unspecified atom stereocenters. The number of nitrogens with zero attached hydrogens (tertiary/aromatic N) is 1. The van der Waals surface area contributed by atoms with Gasteiger partial charge in [0.1, 0.15) is 17.2 Å². The lowest BCUT2D eigenvalue weighted by Gasteiger charge is -2.23. The van der Waals surface area contributed by atoms with Gasteiger partial charge in [-0.15, -0.1) is 0 Å². The zero-order valence-corrected chi connectivity index (χ0v) is 16.9. The number of hydrogen-bond acceptors (Lipinski definition) is 3.